The molecule has 0 aromatic heterocycles. The van der Waals surface area contributed by atoms with Gasteiger partial charge in [0.15, 0.2) is 0 Å². The maximum atomic E-state index is 3.52. The van der Waals surface area contributed by atoms with Crippen LogP contribution in [-0.4, -0.2) is 6.54 Å². The molecule has 0 saturated carbocycles. The summed E-state index contributed by atoms with van der Waals surface area (Å²) >= 11 is 3.52. The predicted molar refractivity (Wildman–Crippen MR) is 80.1 cm³/mol. The van der Waals surface area contributed by atoms with Crippen LogP contribution in [0.5, 0.6) is 0 Å². The molecular weight excluding hydrogens is 286 g/mol. The molecule has 3 rings (SSSR count). The zero-order valence-electron chi connectivity index (χ0n) is 10.5. The Morgan fingerprint density at radius 3 is 2.83 bits per heavy atom. The molecule has 1 nitrogen and oxygen atoms in total. The summed E-state index contributed by atoms with van der Waals surface area (Å²) in [6.07, 6.45) is 1.17. The fourth-order valence-electron chi connectivity index (χ4n) is 2.61. The molecule has 92 valence electrons. The molecule has 18 heavy (non-hydrogen) atoms. The van der Waals surface area contributed by atoms with Gasteiger partial charge in [0.05, 0.1) is 0 Å². The highest BCUT2D eigenvalue weighted by atomic mass is 79.9. The topological polar surface area (TPSA) is 3.24 Å². The fourth-order valence-corrected chi connectivity index (χ4v) is 3.09. The van der Waals surface area contributed by atoms with E-state index in [0.29, 0.717) is 0 Å². The number of hydrogen-bond donors (Lipinski definition) is 0. The minimum absolute atomic E-state index is 1.01. The Balaban J connectivity index is 1.86. The molecule has 0 aliphatic carbocycles. The smallest absolute Gasteiger partial charge is 0.0432 e. The van der Waals surface area contributed by atoms with Crippen LogP contribution in [0.2, 0.25) is 0 Å². The lowest BCUT2D eigenvalue weighted by atomic mass is 10.1. The first-order valence-electron chi connectivity index (χ1n) is 6.32. The van der Waals surface area contributed by atoms with Gasteiger partial charge in [0.2, 0.25) is 0 Å². The molecule has 0 radical (unpaired) electrons. The molecule has 0 fully saturated rings. The number of rotatable bonds is 2. The molecular formula is C16H16BrN. The van der Waals surface area contributed by atoms with Crippen molar-refractivity contribution in [3.8, 4) is 0 Å². The first kappa shape index (κ1) is 11.8. The Morgan fingerprint density at radius 2 is 2.00 bits per heavy atom. The molecule has 0 bridgehead atoms. The van der Waals surface area contributed by atoms with Crippen LogP contribution in [0.4, 0.5) is 5.69 Å². The number of benzene rings is 2. The first-order chi connectivity index (χ1) is 8.74. The van der Waals surface area contributed by atoms with Crippen molar-refractivity contribution in [2.45, 2.75) is 19.9 Å². The van der Waals surface area contributed by atoms with Crippen molar-refractivity contribution >= 4 is 21.6 Å². The summed E-state index contributed by atoms with van der Waals surface area (Å²) in [4.78, 5) is 2.48. The number of hydrogen-bond acceptors (Lipinski definition) is 1. The molecule has 0 amide bonds. The summed E-state index contributed by atoms with van der Waals surface area (Å²) in [7, 11) is 0. The fraction of sp³-hybridized carbons (Fsp3) is 0.250. The van der Waals surface area contributed by atoms with Gasteiger partial charge in [-0.15, -0.1) is 0 Å². The van der Waals surface area contributed by atoms with E-state index in [1.54, 1.807) is 0 Å². The van der Waals surface area contributed by atoms with Crippen LogP contribution in [0.15, 0.2) is 46.9 Å². The van der Waals surface area contributed by atoms with Crippen molar-refractivity contribution in [2.75, 3.05) is 11.4 Å². The number of fused-ring (bicyclic) bond motifs is 1. The molecule has 1 aliphatic heterocycles. The molecule has 1 aliphatic rings. The highest BCUT2D eigenvalue weighted by Crippen LogP contribution is 2.29. The van der Waals surface area contributed by atoms with Crippen LogP contribution in [0.3, 0.4) is 0 Å². The average Bonchev–Trinajstić information content (AvgIpc) is 2.76. The van der Waals surface area contributed by atoms with Crippen molar-refractivity contribution in [1.82, 2.24) is 0 Å². The van der Waals surface area contributed by atoms with Gasteiger partial charge in [0.25, 0.3) is 0 Å². The van der Waals surface area contributed by atoms with Crippen LogP contribution in [-0.2, 0) is 13.0 Å². The van der Waals surface area contributed by atoms with Crippen LogP contribution in [0, 0.1) is 6.92 Å². The maximum Gasteiger partial charge on any atom is 0.0432 e. The predicted octanol–water partition coefficient (Wildman–Crippen LogP) is 4.32. The Kier molecular flexibility index (Phi) is 3.13. The number of aryl methyl sites for hydroxylation is 1. The SMILES string of the molecule is Cc1cc(Br)ccc1CN1CCc2ccccc21. The van der Waals surface area contributed by atoms with Gasteiger partial charge in [-0.25, -0.2) is 0 Å². The van der Waals surface area contributed by atoms with Crippen molar-refractivity contribution in [3.63, 3.8) is 0 Å². The molecule has 2 aromatic rings. The summed E-state index contributed by atoms with van der Waals surface area (Å²) < 4.78 is 1.16. The average molecular weight is 302 g/mol. The second-order valence-corrected chi connectivity index (χ2v) is 5.79. The third-order valence-corrected chi connectivity index (χ3v) is 4.14. The van der Waals surface area contributed by atoms with Crippen molar-refractivity contribution in [1.29, 1.82) is 0 Å². The van der Waals surface area contributed by atoms with Crippen LogP contribution < -0.4 is 4.90 Å². The molecule has 2 aromatic carbocycles. The summed E-state index contributed by atoms with van der Waals surface area (Å²) in [5.74, 6) is 0. The van der Waals surface area contributed by atoms with Crippen LogP contribution >= 0.6 is 15.9 Å². The van der Waals surface area contributed by atoms with Crippen LogP contribution in [0.25, 0.3) is 0 Å². The summed E-state index contributed by atoms with van der Waals surface area (Å²) in [6, 6.07) is 15.3. The molecule has 1 heterocycles. The Bertz CT molecular complexity index is 577. The maximum absolute atomic E-state index is 3.52. The summed E-state index contributed by atoms with van der Waals surface area (Å²) in [5, 5.41) is 0. The van der Waals surface area contributed by atoms with Gasteiger partial charge in [-0.2, -0.15) is 0 Å². The minimum Gasteiger partial charge on any atom is -0.367 e. The third-order valence-electron chi connectivity index (χ3n) is 3.65. The van der Waals surface area contributed by atoms with Gasteiger partial charge in [0.1, 0.15) is 0 Å². The lowest BCUT2D eigenvalue weighted by molar-refractivity contribution is 0.831. The van der Waals surface area contributed by atoms with E-state index in [9.17, 15) is 0 Å². The molecule has 0 saturated heterocycles. The van der Waals surface area contributed by atoms with Gasteiger partial charge >= 0.3 is 0 Å². The normalized spacial score (nSPS) is 13.8. The van der Waals surface area contributed by atoms with E-state index in [1.807, 2.05) is 0 Å². The van der Waals surface area contributed by atoms with Gasteiger partial charge < -0.3 is 4.90 Å². The van der Waals surface area contributed by atoms with Crippen molar-refractivity contribution < 1.29 is 0 Å². The highest BCUT2D eigenvalue weighted by molar-refractivity contribution is 9.10. The van der Waals surface area contributed by atoms with Crippen molar-refractivity contribution in [3.05, 3.63) is 63.6 Å². The Labute approximate surface area is 117 Å². The quantitative estimate of drug-likeness (QED) is 0.798. The lowest BCUT2D eigenvalue weighted by Gasteiger charge is -2.20. The standard InChI is InChI=1S/C16H16BrN/c1-12-10-15(17)7-6-14(12)11-18-9-8-13-4-2-3-5-16(13)18/h2-7,10H,8-9,11H2,1H3. The summed E-state index contributed by atoms with van der Waals surface area (Å²) in [6.45, 7) is 4.33. The molecule has 0 atom stereocenters. The van der Waals surface area contributed by atoms with Gasteiger partial charge in [0, 0.05) is 23.2 Å². The van der Waals surface area contributed by atoms with Crippen LogP contribution in [0.1, 0.15) is 16.7 Å². The zero-order valence-corrected chi connectivity index (χ0v) is 12.1. The Hall–Kier alpha value is -1.28. The molecule has 0 unspecified atom stereocenters. The minimum atomic E-state index is 1.01. The number of para-hydroxylation sites is 1. The van der Waals surface area contributed by atoms with E-state index in [1.165, 1.54) is 28.8 Å². The van der Waals surface area contributed by atoms with Gasteiger partial charge in [-0.1, -0.05) is 40.2 Å². The van der Waals surface area contributed by atoms with Gasteiger partial charge in [-0.3, -0.25) is 0 Å². The van der Waals surface area contributed by atoms with E-state index in [0.717, 1.165) is 17.6 Å². The lowest BCUT2D eigenvalue weighted by Crippen LogP contribution is -2.20. The first-order valence-corrected chi connectivity index (χ1v) is 7.11. The highest BCUT2D eigenvalue weighted by Gasteiger charge is 2.18. The zero-order chi connectivity index (χ0) is 12.5. The second-order valence-electron chi connectivity index (χ2n) is 4.87. The van der Waals surface area contributed by atoms with Crippen molar-refractivity contribution in [2.24, 2.45) is 0 Å². The van der Waals surface area contributed by atoms with E-state index < -0.39 is 0 Å². The van der Waals surface area contributed by atoms with E-state index in [2.05, 4.69) is 70.2 Å². The van der Waals surface area contributed by atoms with Gasteiger partial charge in [-0.05, 0) is 48.2 Å². The molecule has 2 heteroatoms. The molecule has 0 N–H and O–H groups in total. The Morgan fingerprint density at radius 1 is 1.17 bits per heavy atom. The van der Waals surface area contributed by atoms with E-state index in [4.69, 9.17) is 0 Å². The van der Waals surface area contributed by atoms with E-state index in [-0.39, 0.29) is 0 Å². The number of nitrogens with zero attached hydrogens (tertiary/aromatic N) is 1. The number of anilines is 1. The second kappa shape index (κ2) is 4.77. The largest absolute Gasteiger partial charge is 0.367 e. The summed E-state index contributed by atoms with van der Waals surface area (Å²) in [5.41, 5.74) is 5.65. The third kappa shape index (κ3) is 2.17. The number of halogens is 1. The monoisotopic (exact) mass is 301 g/mol. The molecule has 0 spiro atoms. The van der Waals surface area contributed by atoms with E-state index >= 15 is 0 Å².